The number of benzene rings is 9. The monoisotopic (exact) mass is 1060 g/mol. The number of esters is 4. The fraction of sp³-hybridized carbons (Fsp3) is 0.167. The Morgan fingerprint density at radius 3 is 0.731 bits per heavy atom. The molecule has 0 aliphatic rings. The van der Waals surface area contributed by atoms with Gasteiger partial charge in [0.1, 0.15) is 0 Å². The number of nitrogens with zero attached hydrogens (tertiary/aromatic N) is 4. The summed E-state index contributed by atoms with van der Waals surface area (Å²) < 4.78 is 113. The molecule has 0 saturated carbocycles. The van der Waals surface area contributed by atoms with E-state index in [9.17, 15) is 19.2 Å². The van der Waals surface area contributed by atoms with Crippen LogP contribution in [0.3, 0.4) is 0 Å². The van der Waals surface area contributed by atoms with Gasteiger partial charge in [0.15, 0.2) is 0 Å². The van der Waals surface area contributed by atoms with E-state index < -0.39 is 47.9 Å². The maximum Gasteiger partial charge on any atom is 0.451 e. The molecule has 2 heterocycles. The Bertz CT molecular complexity index is 3700. The number of fused-ring (bicyclic) bond motifs is 2. The third-order valence-electron chi connectivity index (χ3n) is 13.5. The highest BCUT2D eigenvalue weighted by Gasteiger charge is 2.39. The van der Waals surface area contributed by atoms with E-state index in [2.05, 4.69) is 19.9 Å². The number of hydrogen-bond acceptors (Lipinski definition) is 12. The highest BCUT2D eigenvalue weighted by molar-refractivity contribution is 6.42. The normalized spacial score (nSPS) is 12.1. The van der Waals surface area contributed by atoms with E-state index in [1.54, 1.807) is 100 Å². The molecule has 0 aliphatic carbocycles. The molecule has 0 saturated heterocycles. The van der Waals surface area contributed by atoms with Crippen molar-refractivity contribution >= 4 is 89.0 Å². The summed E-state index contributed by atoms with van der Waals surface area (Å²) in [7, 11) is 0. The number of alkyl halides is 6. The molecule has 11 aromatic rings. The number of rotatable bonds is 12. The van der Waals surface area contributed by atoms with Gasteiger partial charge >= 0.3 is 36.2 Å². The van der Waals surface area contributed by atoms with Gasteiger partial charge in [0, 0.05) is 43.8 Å². The lowest BCUT2D eigenvalue weighted by Gasteiger charge is -2.24. The first-order valence-electron chi connectivity index (χ1n) is 24.6. The van der Waals surface area contributed by atoms with Crippen LogP contribution in [-0.4, -0.2) is 70.2 Å². The van der Waals surface area contributed by atoms with Gasteiger partial charge in [-0.2, -0.15) is 26.3 Å². The van der Waals surface area contributed by atoms with Crippen molar-refractivity contribution in [3.8, 4) is 44.5 Å². The van der Waals surface area contributed by atoms with Crippen molar-refractivity contribution in [2.75, 3.05) is 26.4 Å². The topological polar surface area (TPSA) is 157 Å². The van der Waals surface area contributed by atoms with Crippen molar-refractivity contribution in [1.82, 2.24) is 19.9 Å². The fourth-order valence-corrected chi connectivity index (χ4v) is 10.1. The van der Waals surface area contributed by atoms with E-state index in [4.69, 9.17) is 18.9 Å². The minimum Gasteiger partial charge on any atom is -0.462 e. The molecule has 78 heavy (non-hydrogen) atoms. The third-order valence-corrected chi connectivity index (χ3v) is 13.5. The molecule has 0 unspecified atom stereocenters. The SMILES string of the molecule is CCOC(=O)c1ccc(-c2cc3c4cc(-c5ccc(C(=O)OCC)cc5)c5nc(C(F)(F)F)nc6c(-c7ccc(C(=O)OCC)cc7)cc(c7cc(-c8ccc(C(=O)OCC)cc8)c8nc(C(F)(F)F)nc2c8c37)c4c56)cc1. The molecule has 18 heteroatoms. The molecule has 0 aliphatic heterocycles. The van der Waals surface area contributed by atoms with Crippen LogP contribution in [-0.2, 0) is 31.3 Å². The van der Waals surface area contributed by atoms with Crippen molar-refractivity contribution in [3.63, 3.8) is 0 Å². The summed E-state index contributed by atoms with van der Waals surface area (Å²) in [5.41, 5.74) is 2.29. The van der Waals surface area contributed by atoms with Gasteiger partial charge in [-0.05, 0) is 144 Å². The molecule has 0 bridgehead atoms. The molecule has 390 valence electrons. The standard InChI is InChI=1S/C60H40F6N4O8/c1-5-75-53(71)33-17-9-29(10-18-33)37-25-41-42-26-39(31-13-21-35(22-14-31)55(73)77-7-3)51-48-46(42)44(28-40(52(48)70-58(69-51)60(64,65)66)32-15-23-36(24-16-32)56(74)78-8-4)43-27-38(30-11-19-34(20-12-30)54(72)76-6-2)50-47(45(41)43)49(37)67-57(68-50)59(61,62)63/h9-28H,5-8H2,1-4H3. The lowest BCUT2D eigenvalue weighted by atomic mass is 9.81. The molecule has 0 atom stereocenters. The third kappa shape index (κ3) is 8.62. The summed E-state index contributed by atoms with van der Waals surface area (Å²) in [6.45, 7) is 6.93. The van der Waals surface area contributed by atoms with E-state index in [0.29, 0.717) is 54.6 Å². The summed E-state index contributed by atoms with van der Waals surface area (Å²) >= 11 is 0. The molecule has 12 nitrogen and oxygen atoms in total. The average Bonchev–Trinajstić information content (AvgIpc) is 3.61. The second-order valence-electron chi connectivity index (χ2n) is 18.1. The minimum absolute atomic E-state index is 0.0868. The van der Waals surface area contributed by atoms with Crippen molar-refractivity contribution < 1.29 is 64.5 Å². The predicted octanol–water partition coefficient (Wildman–Crippen LogP) is 14.5. The van der Waals surface area contributed by atoms with Crippen LogP contribution in [0.25, 0.3) is 110 Å². The van der Waals surface area contributed by atoms with Crippen LogP contribution in [0.5, 0.6) is 0 Å². The summed E-state index contributed by atoms with van der Waals surface area (Å²) in [6, 6.07) is 30.9. The Balaban J connectivity index is 1.36. The van der Waals surface area contributed by atoms with E-state index in [0.717, 1.165) is 0 Å². The smallest absolute Gasteiger partial charge is 0.451 e. The lowest BCUT2D eigenvalue weighted by Crippen LogP contribution is -2.13. The largest absolute Gasteiger partial charge is 0.462 e. The van der Waals surface area contributed by atoms with Gasteiger partial charge in [-0.1, -0.05) is 48.5 Å². The van der Waals surface area contributed by atoms with Crippen molar-refractivity contribution in [3.05, 3.63) is 155 Å². The van der Waals surface area contributed by atoms with Gasteiger partial charge in [-0.15, -0.1) is 0 Å². The number of carbonyl (C=O) groups excluding carboxylic acids is 4. The maximum atomic E-state index is 15.3. The first kappa shape index (κ1) is 50.8. The highest BCUT2D eigenvalue weighted by Crippen LogP contribution is 2.53. The number of carbonyl (C=O) groups is 4. The van der Waals surface area contributed by atoms with Gasteiger partial charge in [-0.25, -0.2) is 39.1 Å². The van der Waals surface area contributed by atoms with Gasteiger partial charge < -0.3 is 18.9 Å². The van der Waals surface area contributed by atoms with Crippen LogP contribution in [0, 0.1) is 0 Å². The first-order chi connectivity index (χ1) is 37.4. The Morgan fingerprint density at radius 1 is 0.346 bits per heavy atom. The summed E-state index contributed by atoms with van der Waals surface area (Å²) in [4.78, 5) is 68.6. The van der Waals surface area contributed by atoms with Crippen LogP contribution in [0.15, 0.2) is 121 Å². The molecule has 0 spiro atoms. The predicted molar refractivity (Wildman–Crippen MR) is 281 cm³/mol. The summed E-state index contributed by atoms with van der Waals surface area (Å²) in [5, 5.41) is 2.85. The van der Waals surface area contributed by atoms with Gasteiger partial charge in [0.2, 0.25) is 11.6 Å². The number of hydrogen-bond donors (Lipinski definition) is 0. The second kappa shape index (κ2) is 19.4. The zero-order valence-electron chi connectivity index (χ0n) is 41.7. The molecule has 0 amide bonds. The van der Waals surface area contributed by atoms with Gasteiger partial charge in [0.25, 0.3) is 0 Å². The second-order valence-corrected chi connectivity index (χ2v) is 18.1. The van der Waals surface area contributed by atoms with E-state index in [1.807, 2.05) is 0 Å². The fourth-order valence-electron chi connectivity index (χ4n) is 10.1. The van der Waals surface area contributed by atoms with Gasteiger partial charge in [-0.3, -0.25) is 0 Å². The zero-order valence-corrected chi connectivity index (χ0v) is 41.7. The van der Waals surface area contributed by atoms with Crippen LogP contribution in [0.4, 0.5) is 26.3 Å². The lowest BCUT2D eigenvalue weighted by molar-refractivity contribution is -0.145. The maximum absolute atomic E-state index is 15.3. The Kier molecular flexibility index (Phi) is 12.6. The van der Waals surface area contributed by atoms with E-state index >= 15 is 26.3 Å². The van der Waals surface area contributed by atoms with Crippen molar-refractivity contribution in [1.29, 1.82) is 0 Å². The Hall–Kier alpha value is -9.32. The highest BCUT2D eigenvalue weighted by atomic mass is 19.4. The number of aromatic nitrogens is 4. The molecule has 0 radical (unpaired) electrons. The van der Waals surface area contributed by atoms with Crippen LogP contribution >= 0.6 is 0 Å². The Morgan fingerprint density at radius 2 is 0.551 bits per heavy atom. The van der Waals surface area contributed by atoms with E-state index in [1.165, 1.54) is 48.5 Å². The van der Waals surface area contributed by atoms with Crippen LogP contribution in [0.2, 0.25) is 0 Å². The molecule has 11 rings (SSSR count). The molecular formula is C60H40F6N4O8. The van der Waals surface area contributed by atoms with Crippen LogP contribution in [0.1, 0.15) is 80.8 Å². The summed E-state index contributed by atoms with van der Waals surface area (Å²) in [6.07, 6.45) is -10.1. The van der Waals surface area contributed by atoms with Crippen LogP contribution < -0.4 is 0 Å². The minimum atomic E-state index is -5.07. The summed E-state index contributed by atoms with van der Waals surface area (Å²) in [5.74, 6) is -5.43. The quantitative estimate of drug-likeness (QED) is 0.0376. The Labute approximate surface area is 438 Å². The van der Waals surface area contributed by atoms with E-state index in [-0.39, 0.29) is 104 Å². The molecule has 0 N–H and O–H groups in total. The molecule has 0 fully saturated rings. The first-order valence-corrected chi connectivity index (χ1v) is 24.6. The molecule has 9 aromatic carbocycles. The molecule has 2 aromatic heterocycles. The molecular weight excluding hydrogens is 1020 g/mol. The van der Waals surface area contributed by atoms with Gasteiger partial charge in [0.05, 0.1) is 70.7 Å². The van der Waals surface area contributed by atoms with Crippen molar-refractivity contribution in [2.45, 2.75) is 40.0 Å². The number of ether oxygens (including phenoxy) is 4. The van der Waals surface area contributed by atoms with Crippen molar-refractivity contribution in [2.24, 2.45) is 0 Å². The number of halogens is 6. The average molecular weight is 1060 g/mol. The zero-order chi connectivity index (χ0) is 54.9.